The number of ether oxygens (including phenoxy) is 1. The Kier molecular flexibility index (Phi) is 7.06. The zero-order valence-corrected chi connectivity index (χ0v) is 15.9. The molecule has 1 saturated carbocycles. The standard InChI is InChI=1S/C17H23F2N3O.HI/c18-16(19)23-15-8-4-3-7-12(15)13-11-14(13)21-17(20)22-9-5-1-2-6-10-22;/h3-4,7-8,13-14,16H,1-2,5-6,9-11H2,(H2,20,21);1H/t13-,14+;/m1./s1. The van der Waals surface area contributed by atoms with E-state index in [0.717, 1.165) is 37.9 Å². The number of hydrogen-bond acceptors (Lipinski definition) is 2. The zero-order chi connectivity index (χ0) is 16.2. The molecule has 4 nitrogen and oxygen atoms in total. The van der Waals surface area contributed by atoms with Crippen LogP contribution in [0, 0.1) is 0 Å². The number of nitrogens with zero attached hydrogens (tertiary/aromatic N) is 2. The average molecular weight is 451 g/mol. The third-order valence-electron chi connectivity index (χ3n) is 4.52. The lowest BCUT2D eigenvalue weighted by molar-refractivity contribution is -0.0504. The molecule has 1 aliphatic heterocycles. The summed E-state index contributed by atoms with van der Waals surface area (Å²) in [5.41, 5.74) is 6.94. The fourth-order valence-electron chi connectivity index (χ4n) is 3.20. The van der Waals surface area contributed by atoms with Gasteiger partial charge in [-0.15, -0.1) is 24.0 Å². The van der Waals surface area contributed by atoms with Gasteiger partial charge in [-0.05, 0) is 30.9 Å². The van der Waals surface area contributed by atoms with E-state index >= 15 is 0 Å². The molecular weight excluding hydrogens is 427 g/mol. The molecule has 1 saturated heterocycles. The minimum Gasteiger partial charge on any atom is -0.435 e. The number of nitrogens with two attached hydrogens (primary N) is 1. The highest BCUT2D eigenvalue weighted by molar-refractivity contribution is 14.0. The van der Waals surface area contributed by atoms with Crippen molar-refractivity contribution in [2.24, 2.45) is 10.7 Å². The van der Waals surface area contributed by atoms with Crippen LogP contribution in [0.15, 0.2) is 29.3 Å². The Bertz CT molecular complexity index is 563. The quantitative estimate of drug-likeness (QED) is 0.429. The monoisotopic (exact) mass is 451 g/mol. The highest BCUT2D eigenvalue weighted by atomic mass is 127. The zero-order valence-electron chi connectivity index (χ0n) is 13.5. The van der Waals surface area contributed by atoms with Crippen molar-refractivity contribution in [3.05, 3.63) is 29.8 Å². The molecule has 2 N–H and O–H groups in total. The molecule has 7 heteroatoms. The van der Waals surface area contributed by atoms with Crippen LogP contribution in [0.1, 0.15) is 43.6 Å². The molecule has 2 aliphatic rings. The van der Waals surface area contributed by atoms with E-state index in [4.69, 9.17) is 5.73 Å². The van der Waals surface area contributed by atoms with Gasteiger partial charge in [0, 0.05) is 19.0 Å². The lowest BCUT2D eigenvalue weighted by Gasteiger charge is -2.21. The van der Waals surface area contributed by atoms with Gasteiger partial charge in [-0.3, -0.25) is 0 Å². The van der Waals surface area contributed by atoms with Gasteiger partial charge >= 0.3 is 6.61 Å². The third kappa shape index (κ3) is 4.94. The molecule has 0 aromatic heterocycles. The molecule has 134 valence electrons. The van der Waals surface area contributed by atoms with Gasteiger partial charge in [0.25, 0.3) is 0 Å². The lowest BCUT2D eigenvalue weighted by atomic mass is 10.1. The smallest absolute Gasteiger partial charge is 0.387 e. The molecule has 1 aromatic rings. The first-order valence-electron chi connectivity index (χ1n) is 8.27. The molecule has 2 atom stereocenters. The van der Waals surface area contributed by atoms with Crippen LogP contribution in [0.3, 0.4) is 0 Å². The van der Waals surface area contributed by atoms with Gasteiger partial charge in [0.2, 0.25) is 0 Å². The number of hydrogen-bond donors (Lipinski definition) is 1. The van der Waals surface area contributed by atoms with E-state index in [2.05, 4.69) is 14.6 Å². The van der Waals surface area contributed by atoms with Crippen LogP contribution in [0.5, 0.6) is 5.75 Å². The Labute approximate surface area is 158 Å². The number of rotatable bonds is 4. The van der Waals surface area contributed by atoms with Gasteiger partial charge in [0.05, 0.1) is 6.04 Å². The molecule has 0 radical (unpaired) electrons. The number of aliphatic imine (C=N–C) groups is 1. The van der Waals surface area contributed by atoms with Gasteiger partial charge in [0.15, 0.2) is 5.96 Å². The second-order valence-electron chi connectivity index (χ2n) is 6.21. The highest BCUT2D eigenvalue weighted by Crippen LogP contribution is 2.47. The summed E-state index contributed by atoms with van der Waals surface area (Å²) in [7, 11) is 0. The van der Waals surface area contributed by atoms with Crippen molar-refractivity contribution in [2.75, 3.05) is 13.1 Å². The molecule has 0 unspecified atom stereocenters. The van der Waals surface area contributed by atoms with E-state index in [1.807, 2.05) is 12.1 Å². The van der Waals surface area contributed by atoms with Crippen LogP contribution in [0.25, 0.3) is 0 Å². The maximum atomic E-state index is 12.5. The Balaban J connectivity index is 0.00000208. The van der Waals surface area contributed by atoms with Crippen molar-refractivity contribution >= 4 is 29.9 Å². The fourth-order valence-corrected chi connectivity index (χ4v) is 3.20. The Morgan fingerprint density at radius 2 is 1.83 bits per heavy atom. The number of halogens is 3. The summed E-state index contributed by atoms with van der Waals surface area (Å²) in [6, 6.07) is 7.03. The molecular formula is C17H24F2IN3O. The van der Waals surface area contributed by atoms with Crippen molar-refractivity contribution in [2.45, 2.75) is 50.7 Å². The van der Waals surface area contributed by atoms with Crippen molar-refractivity contribution in [1.82, 2.24) is 4.90 Å². The maximum absolute atomic E-state index is 12.5. The molecule has 2 fully saturated rings. The molecule has 3 rings (SSSR count). The van der Waals surface area contributed by atoms with E-state index in [-0.39, 0.29) is 41.7 Å². The minimum absolute atomic E-state index is 0. The van der Waals surface area contributed by atoms with Crippen molar-refractivity contribution in [3.8, 4) is 5.75 Å². The fraction of sp³-hybridized carbons (Fsp3) is 0.588. The van der Waals surface area contributed by atoms with Crippen molar-refractivity contribution < 1.29 is 13.5 Å². The van der Waals surface area contributed by atoms with E-state index < -0.39 is 6.61 Å². The molecule has 0 bridgehead atoms. The number of guanidine groups is 1. The molecule has 1 aliphatic carbocycles. The molecule has 1 aromatic carbocycles. The van der Waals surface area contributed by atoms with Crippen LogP contribution in [-0.2, 0) is 0 Å². The maximum Gasteiger partial charge on any atom is 0.387 e. The first-order chi connectivity index (χ1) is 11.1. The van der Waals surface area contributed by atoms with Gasteiger partial charge in [-0.1, -0.05) is 31.0 Å². The van der Waals surface area contributed by atoms with Crippen LogP contribution in [-0.4, -0.2) is 36.6 Å². The summed E-state index contributed by atoms with van der Waals surface area (Å²) in [6.07, 6.45) is 5.62. The SMILES string of the molecule is I.NC(=N[C@H]1C[C@@H]1c1ccccc1OC(F)F)N1CCCCCC1. The van der Waals surface area contributed by atoms with Gasteiger partial charge in [0.1, 0.15) is 5.75 Å². The summed E-state index contributed by atoms with van der Waals surface area (Å²) < 4.78 is 29.6. The first kappa shape index (κ1) is 19.2. The van der Waals surface area contributed by atoms with Crippen LogP contribution >= 0.6 is 24.0 Å². The number of likely N-dealkylation sites (tertiary alicyclic amines) is 1. The van der Waals surface area contributed by atoms with Gasteiger partial charge in [-0.25, -0.2) is 4.99 Å². The van der Waals surface area contributed by atoms with E-state index in [1.54, 1.807) is 12.1 Å². The van der Waals surface area contributed by atoms with E-state index in [9.17, 15) is 8.78 Å². The Hall–Kier alpha value is -1.12. The normalized spacial score (nSPS) is 24.3. The topological polar surface area (TPSA) is 50.9 Å². The van der Waals surface area contributed by atoms with Gasteiger partial charge < -0.3 is 15.4 Å². The second kappa shape index (κ2) is 8.82. The lowest BCUT2D eigenvalue weighted by Crippen LogP contribution is -2.38. The van der Waals surface area contributed by atoms with Crippen LogP contribution in [0.2, 0.25) is 0 Å². The molecule has 24 heavy (non-hydrogen) atoms. The van der Waals surface area contributed by atoms with Crippen LogP contribution in [0.4, 0.5) is 8.78 Å². The van der Waals surface area contributed by atoms with Crippen molar-refractivity contribution in [3.63, 3.8) is 0 Å². The predicted molar refractivity (Wildman–Crippen MR) is 101 cm³/mol. The number of alkyl halides is 2. The average Bonchev–Trinajstić information content (AvgIpc) is 3.30. The number of benzene rings is 1. The van der Waals surface area contributed by atoms with Crippen molar-refractivity contribution in [1.29, 1.82) is 0 Å². The largest absolute Gasteiger partial charge is 0.435 e. The summed E-state index contributed by atoms with van der Waals surface area (Å²) >= 11 is 0. The van der Waals surface area contributed by atoms with Gasteiger partial charge in [-0.2, -0.15) is 8.78 Å². The third-order valence-corrected chi connectivity index (χ3v) is 4.52. The Morgan fingerprint density at radius 3 is 2.50 bits per heavy atom. The first-order valence-corrected chi connectivity index (χ1v) is 8.27. The van der Waals surface area contributed by atoms with Crippen LogP contribution < -0.4 is 10.5 Å². The molecule has 1 heterocycles. The highest BCUT2D eigenvalue weighted by Gasteiger charge is 2.41. The van der Waals surface area contributed by atoms with E-state index in [0.29, 0.717) is 5.96 Å². The summed E-state index contributed by atoms with van der Waals surface area (Å²) in [5.74, 6) is 0.959. The summed E-state index contributed by atoms with van der Waals surface area (Å²) in [6.45, 7) is -0.894. The molecule has 0 spiro atoms. The second-order valence-corrected chi connectivity index (χ2v) is 6.21. The summed E-state index contributed by atoms with van der Waals surface area (Å²) in [5, 5.41) is 0. The minimum atomic E-state index is -2.81. The van der Waals surface area contributed by atoms with E-state index in [1.165, 1.54) is 12.8 Å². The number of para-hydroxylation sites is 1. The predicted octanol–water partition coefficient (Wildman–Crippen LogP) is 3.95. The molecule has 0 amide bonds. The Morgan fingerprint density at radius 1 is 1.17 bits per heavy atom. The summed E-state index contributed by atoms with van der Waals surface area (Å²) in [4.78, 5) is 6.75.